The number of anilines is 1. The van der Waals surface area contributed by atoms with E-state index in [0.717, 1.165) is 4.90 Å². The molecular weight excluding hydrogens is 375 g/mol. The number of rotatable bonds is 3. The van der Waals surface area contributed by atoms with Crippen LogP contribution < -0.4 is 5.32 Å². The molecule has 0 saturated heterocycles. The van der Waals surface area contributed by atoms with Gasteiger partial charge in [-0.05, 0) is 30.3 Å². The van der Waals surface area contributed by atoms with E-state index in [-0.39, 0.29) is 16.1 Å². The van der Waals surface area contributed by atoms with E-state index in [1.165, 1.54) is 30.3 Å². The highest BCUT2D eigenvalue weighted by Gasteiger charge is 2.38. The van der Waals surface area contributed by atoms with Crippen LogP contribution in [0.1, 0.15) is 20.7 Å². The molecule has 2 aromatic carbocycles. The number of hydrogen-bond acceptors (Lipinski definition) is 3. The Morgan fingerprint density at radius 3 is 2.29 bits per heavy atom. The summed E-state index contributed by atoms with van der Waals surface area (Å²) in [6, 6.07) is 9.11. The molecule has 3 amide bonds. The van der Waals surface area contributed by atoms with Gasteiger partial charge in [0.2, 0.25) is 5.91 Å². The van der Waals surface area contributed by atoms with E-state index in [1.807, 2.05) is 0 Å². The van der Waals surface area contributed by atoms with Gasteiger partial charge in [0.1, 0.15) is 6.54 Å². The molecule has 0 spiro atoms. The number of hydrogen-bond donors (Lipinski definition) is 1. The highest BCUT2D eigenvalue weighted by Crippen LogP contribution is 2.29. The SMILES string of the molecule is O=C(CN1C(=O)c2cccc(Cl)c2C1=O)Nc1cc(Cl)cc(Cl)c1. The van der Waals surface area contributed by atoms with Crippen LogP contribution in [0, 0.1) is 0 Å². The van der Waals surface area contributed by atoms with Gasteiger partial charge in [-0.15, -0.1) is 0 Å². The number of benzene rings is 2. The Balaban J connectivity index is 1.77. The Morgan fingerprint density at radius 2 is 1.67 bits per heavy atom. The fourth-order valence-corrected chi connectivity index (χ4v) is 3.19. The minimum absolute atomic E-state index is 0.114. The zero-order valence-electron chi connectivity index (χ0n) is 12.0. The van der Waals surface area contributed by atoms with Gasteiger partial charge in [-0.2, -0.15) is 0 Å². The lowest BCUT2D eigenvalue weighted by Crippen LogP contribution is -2.37. The molecule has 0 atom stereocenters. The summed E-state index contributed by atoms with van der Waals surface area (Å²) in [5.41, 5.74) is 0.668. The van der Waals surface area contributed by atoms with Gasteiger partial charge >= 0.3 is 0 Å². The van der Waals surface area contributed by atoms with Crippen LogP contribution in [0.2, 0.25) is 15.1 Å². The van der Waals surface area contributed by atoms with E-state index < -0.39 is 24.3 Å². The van der Waals surface area contributed by atoms with Gasteiger partial charge in [0.05, 0.1) is 16.1 Å². The van der Waals surface area contributed by atoms with Gasteiger partial charge < -0.3 is 5.32 Å². The number of imide groups is 1. The van der Waals surface area contributed by atoms with Crippen molar-refractivity contribution in [3.63, 3.8) is 0 Å². The first kappa shape index (κ1) is 16.8. The molecule has 8 heteroatoms. The predicted molar refractivity (Wildman–Crippen MR) is 91.9 cm³/mol. The van der Waals surface area contributed by atoms with Gasteiger partial charge in [-0.1, -0.05) is 40.9 Å². The maximum atomic E-state index is 12.3. The van der Waals surface area contributed by atoms with Crippen molar-refractivity contribution >= 4 is 58.2 Å². The number of carbonyl (C=O) groups excluding carboxylic acids is 3. The molecule has 122 valence electrons. The van der Waals surface area contributed by atoms with E-state index in [1.54, 1.807) is 6.07 Å². The zero-order valence-corrected chi connectivity index (χ0v) is 14.2. The monoisotopic (exact) mass is 382 g/mol. The lowest BCUT2D eigenvalue weighted by atomic mass is 10.1. The Hall–Kier alpha value is -2.08. The predicted octanol–water partition coefficient (Wildman–Crippen LogP) is 3.88. The standard InChI is InChI=1S/C16H9Cl3N2O3/c17-8-4-9(18)6-10(5-8)20-13(22)7-21-15(23)11-2-1-3-12(19)14(11)16(21)24/h1-6H,7H2,(H,20,22). The number of halogens is 3. The first-order valence-electron chi connectivity index (χ1n) is 6.77. The van der Waals surface area contributed by atoms with Gasteiger partial charge in [0.25, 0.3) is 11.8 Å². The summed E-state index contributed by atoms with van der Waals surface area (Å²) in [4.78, 5) is 37.6. The van der Waals surface area contributed by atoms with E-state index in [2.05, 4.69) is 5.32 Å². The van der Waals surface area contributed by atoms with E-state index in [4.69, 9.17) is 34.8 Å². The third kappa shape index (κ3) is 3.11. The van der Waals surface area contributed by atoms with Crippen LogP contribution in [0.5, 0.6) is 0 Å². The first-order valence-corrected chi connectivity index (χ1v) is 7.91. The third-order valence-corrected chi connectivity index (χ3v) is 4.15. The highest BCUT2D eigenvalue weighted by molar-refractivity contribution is 6.37. The molecule has 1 N–H and O–H groups in total. The summed E-state index contributed by atoms with van der Waals surface area (Å²) < 4.78 is 0. The van der Waals surface area contributed by atoms with Crippen molar-refractivity contribution in [2.24, 2.45) is 0 Å². The van der Waals surface area contributed by atoms with Crippen molar-refractivity contribution in [3.8, 4) is 0 Å². The lowest BCUT2D eigenvalue weighted by Gasteiger charge is -2.14. The van der Waals surface area contributed by atoms with Crippen molar-refractivity contribution in [2.45, 2.75) is 0 Å². The molecule has 1 aliphatic rings. The van der Waals surface area contributed by atoms with Crippen molar-refractivity contribution in [2.75, 3.05) is 11.9 Å². The van der Waals surface area contributed by atoms with Crippen molar-refractivity contribution in [3.05, 3.63) is 62.6 Å². The minimum Gasteiger partial charge on any atom is -0.324 e. The molecule has 0 saturated carbocycles. The van der Waals surface area contributed by atoms with E-state index >= 15 is 0 Å². The summed E-state index contributed by atoms with van der Waals surface area (Å²) in [6.07, 6.45) is 0. The summed E-state index contributed by atoms with van der Waals surface area (Å²) in [7, 11) is 0. The second kappa shape index (κ2) is 6.43. The molecule has 0 fully saturated rings. The smallest absolute Gasteiger partial charge is 0.263 e. The summed E-state index contributed by atoms with van der Waals surface area (Å²) in [6.45, 7) is -0.438. The molecule has 0 unspecified atom stereocenters. The second-order valence-electron chi connectivity index (χ2n) is 5.07. The maximum absolute atomic E-state index is 12.3. The van der Waals surface area contributed by atoms with Gasteiger partial charge in [0.15, 0.2) is 0 Å². The normalized spacial score (nSPS) is 13.2. The van der Waals surface area contributed by atoms with Crippen LogP contribution in [0.25, 0.3) is 0 Å². The van der Waals surface area contributed by atoms with Crippen LogP contribution in [0.15, 0.2) is 36.4 Å². The van der Waals surface area contributed by atoms with Crippen LogP contribution >= 0.6 is 34.8 Å². The largest absolute Gasteiger partial charge is 0.324 e. The quantitative estimate of drug-likeness (QED) is 0.818. The molecule has 0 aromatic heterocycles. The van der Waals surface area contributed by atoms with Gasteiger partial charge in [-0.25, -0.2) is 0 Å². The van der Waals surface area contributed by atoms with Crippen molar-refractivity contribution in [1.29, 1.82) is 0 Å². The summed E-state index contributed by atoms with van der Waals surface area (Å²) in [5.74, 6) is -1.71. The second-order valence-corrected chi connectivity index (χ2v) is 6.35. The zero-order chi connectivity index (χ0) is 17.4. The number of carbonyl (C=O) groups is 3. The Morgan fingerprint density at radius 1 is 1.00 bits per heavy atom. The number of amides is 3. The average Bonchev–Trinajstić information content (AvgIpc) is 2.72. The topological polar surface area (TPSA) is 66.5 Å². The highest BCUT2D eigenvalue weighted by atomic mass is 35.5. The Labute approximate surface area is 152 Å². The molecule has 0 aliphatic carbocycles. The van der Waals surface area contributed by atoms with Gasteiger partial charge in [0, 0.05) is 15.7 Å². The van der Waals surface area contributed by atoms with Gasteiger partial charge in [-0.3, -0.25) is 19.3 Å². The Bertz CT molecular complexity index is 863. The fraction of sp³-hybridized carbons (Fsp3) is 0.0625. The maximum Gasteiger partial charge on any atom is 0.263 e. The average molecular weight is 384 g/mol. The molecule has 1 heterocycles. The number of nitrogens with one attached hydrogen (secondary N) is 1. The molecule has 0 bridgehead atoms. The molecule has 1 aliphatic heterocycles. The van der Waals surface area contributed by atoms with Crippen LogP contribution in [-0.4, -0.2) is 29.2 Å². The minimum atomic E-state index is -0.597. The Kier molecular flexibility index (Phi) is 4.49. The van der Waals surface area contributed by atoms with Crippen LogP contribution in [0.3, 0.4) is 0 Å². The molecule has 0 radical (unpaired) electrons. The molecule has 3 rings (SSSR count). The first-order chi connectivity index (χ1) is 11.4. The van der Waals surface area contributed by atoms with Crippen LogP contribution in [0.4, 0.5) is 5.69 Å². The summed E-state index contributed by atoms with van der Waals surface area (Å²) in [5, 5.41) is 3.43. The summed E-state index contributed by atoms with van der Waals surface area (Å²) >= 11 is 17.7. The molecule has 5 nitrogen and oxygen atoms in total. The number of fused-ring (bicyclic) bond motifs is 1. The number of nitrogens with zero attached hydrogens (tertiary/aromatic N) is 1. The van der Waals surface area contributed by atoms with Crippen molar-refractivity contribution in [1.82, 2.24) is 4.90 Å². The third-order valence-electron chi connectivity index (χ3n) is 3.40. The van der Waals surface area contributed by atoms with Crippen molar-refractivity contribution < 1.29 is 14.4 Å². The lowest BCUT2D eigenvalue weighted by molar-refractivity contribution is -0.116. The molecule has 24 heavy (non-hydrogen) atoms. The fourth-order valence-electron chi connectivity index (χ4n) is 2.41. The molecule has 2 aromatic rings. The molecular formula is C16H9Cl3N2O3. The van der Waals surface area contributed by atoms with E-state index in [0.29, 0.717) is 15.7 Å². The van der Waals surface area contributed by atoms with E-state index in [9.17, 15) is 14.4 Å². The van der Waals surface area contributed by atoms with Crippen LogP contribution in [-0.2, 0) is 4.79 Å².